The van der Waals surface area contributed by atoms with Crippen LogP contribution >= 0.6 is 0 Å². The number of ketones is 1. The molecule has 2 saturated carbocycles. The predicted octanol–water partition coefficient (Wildman–Crippen LogP) is 2.67. The van der Waals surface area contributed by atoms with Gasteiger partial charge in [0.15, 0.2) is 0 Å². The molecule has 2 fully saturated rings. The second kappa shape index (κ2) is 10.2. The number of amides is 1. The van der Waals surface area contributed by atoms with Crippen LogP contribution in [0.3, 0.4) is 0 Å². The largest absolute Gasteiger partial charge is 0.460 e. The van der Waals surface area contributed by atoms with E-state index in [-0.39, 0.29) is 35.7 Å². The van der Waals surface area contributed by atoms with Crippen molar-refractivity contribution < 1.29 is 33.9 Å². The van der Waals surface area contributed by atoms with Gasteiger partial charge in [0.1, 0.15) is 18.5 Å². The average molecular weight is 491 g/mol. The Hall–Kier alpha value is -2.52. The van der Waals surface area contributed by atoms with Crippen LogP contribution in [0.5, 0.6) is 0 Å². The van der Waals surface area contributed by atoms with Gasteiger partial charge in [0.2, 0.25) is 5.76 Å². The van der Waals surface area contributed by atoms with Crippen molar-refractivity contribution in [3.63, 3.8) is 0 Å². The number of nitrogens with one attached hydrogen (secondary N) is 1. The highest BCUT2D eigenvalue weighted by Gasteiger charge is 2.64. The van der Waals surface area contributed by atoms with E-state index in [0.717, 1.165) is 6.42 Å². The van der Waals surface area contributed by atoms with Crippen LogP contribution in [0.15, 0.2) is 29.4 Å². The minimum atomic E-state index is -0.995. The zero-order valence-corrected chi connectivity index (χ0v) is 21.1. The summed E-state index contributed by atoms with van der Waals surface area (Å²) < 4.78 is 10.6. The third-order valence-electron chi connectivity index (χ3n) is 8.92. The van der Waals surface area contributed by atoms with Crippen LogP contribution in [0.4, 0.5) is 0 Å². The standard InChI is InChI=1S/C26H38N2O7/c1-6-24(4)14-19(34-20(30)15-29)25(5)16(2)8-11-26(23(25)33,17(3)21(24)31)10-7-12-27-22(32)18-9-13-28-35-18/h6,9,13,16-17,19,21,29,31H,1,7-8,10-12,14-15H2,2-5H3,(H,27,32)/t16?,17-,19+,21-,24+,25-,26+/m0/s1. The normalized spacial score (nSPS) is 37.1. The van der Waals surface area contributed by atoms with Gasteiger partial charge in [-0.15, -0.1) is 6.58 Å². The van der Waals surface area contributed by atoms with Gasteiger partial charge in [-0.2, -0.15) is 0 Å². The number of aromatic nitrogens is 1. The van der Waals surface area contributed by atoms with Gasteiger partial charge in [0.05, 0.1) is 17.7 Å². The fourth-order valence-electron chi connectivity index (χ4n) is 6.21. The second-order valence-electron chi connectivity index (χ2n) is 10.7. The van der Waals surface area contributed by atoms with Crippen LogP contribution in [0.2, 0.25) is 0 Å². The van der Waals surface area contributed by atoms with Crippen molar-refractivity contribution in [3.8, 4) is 0 Å². The summed E-state index contributed by atoms with van der Waals surface area (Å²) in [4.78, 5) is 38.8. The van der Waals surface area contributed by atoms with Gasteiger partial charge in [-0.05, 0) is 50.9 Å². The summed E-state index contributed by atoms with van der Waals surface area (Å²) in [5, 5.41) is 27.2. The third kappa shape index (κ3) is 4.68. The first kappa shape index (κ1) is 27.1. The highest BCUT2D eigenvalue weighted by molar-refractivity contribution is 5.93. The van der Waals surface area contributed by atoms with Crippen molar-refractivity contribution in [2.75, 3.05) is 13.2 Å². The van der Waals surface area contributed by atoms with Gasteiger partial charge in [-0.3, -0.25) is 9.59 Å². The summed E-state index contributed by atoms with van der Waals surface area (Å²) in [6, 6.07) is 1.47. The van der Waals surface area contributed by atoms with Gasteiger partial charge >= 0.3 is 5.97 Å². The van der Waals surface area contributed by atoms with Crippen LogP contribution in [0, 0.1) is 28.1 Å². The number of carbonyl (C=O) groups is 3. The third-order valence-corrected chi connectivity index (χ3v) is 8.92. The molecule has 9 nitrogen and oxygen atoms in total. The van der Waals surface area contributed by atoms with E-state index in [1.807, 2.05) is 27.7 Å². The summed E-state index contributed by atoms with van der Waals surface area (Å²) in [5.74, 6) is -1.54. The summed E-state index contributed by atoms with van der Waals surface area (Å²) >= 11 is 0. The van der Waals surface area contributed by atoms with E-state index in [9.17, 15) is 24.6 Å². The van der Waals surface area contributed by atoms with Gasteiger partial charge in [-0.1, -0.05) is 32.0 Å². The number of hydrogen-bond acceptors (Lipinski definition) is 8. The molecule has 35 heavy (non-hydrogen) atoms. The summed E-state index contributed by atoms with van der Waals surface area (Å²) in [5.41, 5.74) is -2.68. The number of aliphatic hydroxyl groups is 2. The number of ether oxygens (including phenoxy) is 1. The SMILES string of the molecule is C=C[C@]1(C)C[C@@H](OC(=O)CO)[C@@]2(C)C(=O)[C@](CCCNC(=O)c3ccno3)(CCC2C)[C@@H](C)[C@@H]1O. The number of Topliss-reactive ketones (excluding diaryl/α,β-unsaturated/α-hetero) is 1. The predicted molar refractivity (Wildman–Crippen MR) is 127 cm³/mol. The first-order valence-electron chi connectivity index (χ1n) is 12.3. The lowest BCUT2D eigenvalue weighted by molar-refractivity contribution is -0.193. The quantitative estimate of drug-likeness (QED) is 0.287. The minimum absolute atomic E-state index is 0.0290. The molecule has 2 aliphatic rings. The molecule has 3 rings (SSSR count). The van der Waals surface area contributed by atoms with Gasteiger partial charge < -0.3 is 24.8 Å². The molecular weight excluding hydrogens is 452 g/mol. The fraction of sp³-hybridized carbons (Fsp3) is 0.692. The Morgan fingerprint density at radius 1 is 1.37 bits per heavy atom. The lowest BCUT2D eigenvalue weighted by Crippen LogP contribution is -2.64. The average Bonchev–Trinajstić information content (AvgIpc) is 3.39. The van der Waals surface area contributed by atoms with Crippen molar-refractivity contribution in [1.29, 1.82) is 0 Å². The smallest absolute Gasteiger partial charge is 0.332 e. The van der Waals surface area contributed by atoms with Crippen LogP contribution in [0.1, 0.15) is 70.4 Å². The molecule has 2 bridgehead atoms. The number of rotatable bonds is 8. The maximum Gasteiger partial charge on any atom is 0.332 e. The summed E-state index contributed by atoms with van der Waals surface area (Å²) in [6.45, 7) is 11.1. The number of fused-ring (bicyclic) bond motifs is 2. The van der Waals surface area contributed by atoms with Crippen molar-refractivity contribution >= 4 is 17.7 Å². The lowest BCUT2D eigenvalue weighted by atomic mass is 9.46. The molecule has 1 amide bonds. The molecule has 0 aromatic carbocycles. The maximum absolute atomic E-state index is 14.4. The molecule has 0 aliphatic heterocycles. The van der Waals surface area contributed by atoms with E-state index in [2.05, 4.69) is 17.1 Å². The first-order chi connectivity index (χ1) is 16.5. The molecule has 0 saturated heterocycles. The van der Waals surface area contributed by atoms with E-state index >= 15 is 0 Å². The van der Waals surface area contributed by atoms with Crippen LogP contribution in [0.25, 0.3) is 0 Å². The molecule has 194 valence electrons. The molecule has 1 aromatic rings. The number of carbonyl (C=O) groups excluding carboxylic acids is 3. The highest BCUT2D eigenvalue weighted by atomic mass is 16.6. The van der Waals surface area contributed by atoms with Gasteiger partial charge in [-0.25, -0.2) is 4.79 Å². The zero-order chi connectivity index (χ0) is 26.0. The van der Waals surface area contributed by atoms with Crippen molar-refractivity contribution in [3.05, 3.63) is 30.7 Å². The first-order valence-corrected chi connectivity index (χ1v) is 12.3. The van der Waals surface area contributed by atoms with Gasteiger partial charge in [0.25, 0.3) is 5.91 Å². The number of hydrogen-bond donors (Lipinski definition) is 3. The van der Waals surface area contributed by atoms with E-state index in [1.165, 1.54) is 12.3 Å². The summed E-state index contributed by atoms with van der Waals surface area (Å²) in [7, 11) is 0. The van der Waals surface area contributed by atoms with E-state index in [0.29, 0.717) is 25.8 Å². The minimum Gasteiger partial charge on any atom is -0.460 e. The Kier molecular flexibility index (Phi) is 7.91. The monoisotopic (exact) mass is 490 g/mol. The molecule has 2 aliphatic carbocycles. The Balaban J connectivity index is 1.94. The molecule has 9 heteroatoms. The highest BCUT2D eigenvalue weighted by Crippen LogP contribution is 2.59. The molecule has 3 N–H and O–H groups in total. The van der Waals surface area contributed by atoms with Crippen LogP contribution in [-0.2, 0) is 14.3 Å². The molecule has 0 spiro atoms. The van der Waals surface area contributed by atoms with Crippen LogP contribution < -0.4 is 5.32 Å². The van der Waals surface area contributed by atoms with E-state index in [4.69, 9.17) is 9.26 Å². The van der Waals surface area contributed by atoms with Gasteiger partial charge in [0, 0.05) is 23.4 Å². The fourth-order valence-corrected chi connectivity index (χ4v) is 6.21. The number of esters is 1. The molecule has 1 unspecified atom stereocenters. The van der Waals surface area contributed by atoms with Crippen molar-refractivity contribution in [2.45, 2.75) is 72.0 Å². The Bertz CT molecular complexity index is 948. The zero-order valence-electron chi connectivity index (χ0n) is 21.1. The van der Waals surface area contributed by atoms with Crippen molar-refractivity contribution in [2.24, 2.45) is 28.1 Å². The Morgan fingerprint density at radius 3 is 2.69 bits per heavy atom. The van der Waals surface area contributed by atoms with E-state index in [1.54, 1.807) is 6.08 Å². The Morgan fingerprint density at radius 2 is 2.09 bits per heavy atom. The topological polar surface area (TPSA) is 139 Å². The molecule has 1 heterocycles. The molecule has 7 atom stereocenters. The summed E-state index contributed by atoms with van der Waals surface area (Å²) in [6.07, 6.45) is 3.86. The maximum atomic E-state index is 14.4. The Labute approximate surface area is 206 Å². The van der Waals surface area contributed by atoms with Crippen molar-refractivity contribution in [1.82, 2.24) is 10.5 Å². The molecule has 0 radical (unpaired) electrons. The molecule has 1 aromatic heterocycles. The second-order valence-corrected chi connectivity index (χ2v) is 10.7. The number of aliphatic hydroxyl groups excluding tert-OH is 2. The number of nitrogens with zero attached hydrogens (tertiary/aromatic N) is 1. The van der Waals surface area contributed by atoms with E-state index < -0.39 is 41.0 Å². The lowest BCUT2D eigenvalue weighted by Gasteiger charge is -2.58. The molecular formula is C26H38N2O7. The van der Waals surface area contributed by atoms with Crippen LogP contribution in [-0.4, -0.2) is 58.4 Å².